The largest absolute Gasteiger partial charge is 0.260 e. The molecule has 1 aromatic rings. The van der Waals surface area contributed by atoms with Crippen LogP contribution in [0.1, 0.15) is 49.3 Å². The molecule has 1 nitrogen and oxygen atoms in total. The summed E-state index contributed by atoms with van der Waals surface area (Å²) in [7, 11) is 0. The molecule has 1 aromatic heterocycles. The van der Waals surface area contributed by atoms with Crippen molar-refractivity contribution in [1.82, 2.24) is 4.98 Å². The average molecular weight is 254 g/mol. The van der Waals surface area contributed by atoms with Crippen LogP contribution in [0.4, 0.5) is 0 Å². The summed E-state index contributed by atoms with van der Waals surface area (Å²) in [6.07, 6.45) is 8.92. The van der Waals surface area contributed by atoms with Gasteiger partial charge in [-0.15, -0.1) is 0 Å². The number of nitrogens with zero attached hydrogens (tertiary/aromatic N) is 1. The number of aryl methyl sites for hydroxylation is 1. The van der Waals surface area contributed by atoms with Crippen molar-refractivity contribution in [1.29, 1.82) is 0 Å². The molecule has 76 valence electrons. The topological polar surface area (TPSA) is 12.9 Å². The van der Waals surface area contributed by atoms with Crippen molar-refractivity contribution < 1.29 is 0 Å². The maximum Gasteiger partial charge on any atom is 0.0514 e. The Morgan fingerprint density at radius 3 is 2.64 bits per heavy atom. The summed E-state index contributed by atoms with van der Waals surface area (Å²) < 4.78 is 1.15. The van der Waals surface area contributed by atoms with Gasteiger partial charge in [0.15, 0.2) is 0 Å². The van der Waals surface area contributed by atoms with E-state index in [9.17, 15) is 0 Å². The Labute approximate surface area is 94.1 Å². The molecule has 2 rings (SSSR count). The molecule has 0 saturated heterocycles. The van der Waals surface area contributed by atoms with E-state index in [0.717, 1.165) is 16.1 Å². The molecule has 2 heteroatoms. The van der Waals surface area contributed by atoms with Gasteiger partial charge in [-0.25, -0.2) is 0 Å². The Balaban J connectivity index is 2.18. The third kappa shape index (κ3) is 2.17. The zero-order valence-electron chi connectivity index (χ0n) is 8.59. The van der Waals surface area contributed by atoms with Crippen molar-refractivity contribution in [2.45, 2.75) is 44.9 Å². The molecule has 1 aliphatic carbocycles. The second-order valence-corrected chi connectivity index (χ2v) is 5.03. The Bertz CT molecular complexity index is 316. The van der Waals surface area contributed by atoms with Crippen LogP contribution in [0.15, 0.2) is 16.7 Å². The highest BCUT2D eigenvalue weighted by Crippen LogP contribution is 2.33. The molecule has 0 aromatic carbocycles. The van der Waals surface area contributed by atoms with Crippen LogP contribution >= 0.6 is 15.9 Å². The first kappa shape index (κ1) is 10.2. The van der Waals surface area contributed by atoms with Crippen LogP contribution in [0.2, 0.25) is 0 Å². The number of hydrogen-bond donors (Lipinski definition) is 0. The highest BCUT2D eigenvalue weighted by atomic mass is 79.9. The highest BCUT2D eigenvalue weighted by Gasteiger charge is 2.16. The molecule has 0 amide bonds. The average Bonchev–Trinajstić information content (AvgIpc) is 2.23. The Kier molecular flexibility index (Phi) is 3.22. The standard InChI is InChI=1S/C12H16BrN/c1-9-12(13)7-11(8-14-9)10-5-3-2-4-6-10/h7-8,10H,2-6H2,1H3. The zero-order valence-corrected chi connectivity index (χ0v) is 10.2. The van der Waals surface area contributed by atoms with Crippen molar-refractivity contribution in [2.75, 3.05) is 0 Å². The van der Waals surface area contributed by atoms with E-state index in [-0.39, 0.29) is 0 Å². The van der Waals surface area contributed by atoms with Crippen molar-refractivity contribution in [3.05, 3.63) is 28.0 Å². The quantitative estimate of drug-likeness (QED) is 0.731. The van der Waals surface area contributed by atoms with E-state index in [4.69, 9.17) is 0 Å². The summed E-state index contributed by atoms with van der Waals surface area (Å²) in [6, 6.07) is 2.25. The third-order valence-corrected chi connectivity index (χ3v) is 3.93. The fourth-order valence-electron chi connectivity index (χ4n) is 2.18. The predicted molar refractivity (Wildman–Crippen MR) is 62.5 cm³/mol. The van der Waals surface area contributed by atoms with E-state index < -0.39 is 0 Å². The van der Waals surface area contributed by atoms with Crippen LogP contribution in [-0.4, -0.2) is 4.98 Å². The van der Waals surface area contributed by atoms with E-state index >= 15 is 0 Å². The lowest BCUT2D eigenvalue weighted by molar-refractivity contribution is 0.442. The van der Waals surface area contributed by atoms with Crippen molar-refractivity contribution in [3.8, 4) is 0 Å². The minimum absolute atomic E-state index is 0.758. The lowest BCUT2D eigenvalue weighted by atomic mass is 9.85. The Morgan fingerprint density at radius 1 is 1.29 bits per heavy atom. The lowest BCUT2D eigenvalue weighted by Crippen LogP contribution is -2.05. The maximum atomic E-state index is 4.41. The van der Waals surface area contributed by atoms with Crippen molar-refractivity contribution in [2.24, 2.45) is 0 Å². The molecule has 0 bridgehead atoms. The molecule has 0 spiro atoms. The van der Waals surface area contributed by atoms with Gasteiger partial charge in [0.1, 0.15) is 0 Å². The summed E-state index contributed by atoms with van der Waals surface area (Å²) in [5, 5.41) is 0. The number of rotatable bonds is 1. The first-order valence-corrected chi connectivity index (χ1v) is 6.18. The SMILES string of the molecule is Cc1ncc(C2CCCCC2)cc1Br. The van der Waals surface area contributed by atoms with Crippen molar-refractivity contribution >= 4 is 15.9 Å². The third-order valence-electron chi connectivity index (χ3n) is 3.12. The van der Waals surface area contributed by atoms with Gasteiger partial charge < -0.3 is 0 Å². The molecule has 14 heavy (non-hydrogen) atoms. The van der Waals surface area contributed by atoms with E-state index in [1.165, 1.54) is 37.7 Å². The van der Waals surface area contributed by atoms with Gasteiger partial charge in [-0.3, -0.25) is 4.98 Å². The minimum atomic E-state index is 0.758. The van der Waals surface area contributed by atoms with E-state index in [2.05, 4.69) is 33.2 Å². The molecule has 0 radical (unpaired) electrons. The fraction of sp³-hybridized carbons (Fsp3) is 0.583. The van der Waals surface area contributed by atoms with Crippen LogP contribution in [0.3, 0.4) is 0 Å². The summed E-state index contributed by atoms with van der Waals surface area (Å²) in [5.41, 5.74) is 2.51. The molecule has 1 aliphatic rings. The molecular formula is C12H16BrN. The predicted octanol–water partition coefficient (Wildman–Crippen LogP) is 4.20. The fourth-order valence-corrected chi connectivity index (χ4v) is 2.55. The lowest BCUT2D eigenvalue weighted by Gasteiger charge is -2.21. The van der Waals surface area contributed by atoms with Crippen molar-refractivity contribution in [3.63, 3.8) is 0 Å². The number of aromatic nitrogens is 1. The summed E-state index contributed by atoms with van der Waals surface area (Å²) in [6.45, 7) is 2.04. The summed E-state index contributed by atoms with van der Waals surface area (Å²) in [4.78, 5) is 4.41. The van der Waals surface area contributed by atoms with Gasteiger partial charge in [0.05, 0.1) is 5.69 Å². The summed E-state index contributed by atoms with van der Waals surface area (Å²) in [5.74, 6) is 0.758. The molecular weight excluding hydrogens is 238 g/mol. The molecule has 0 atom stereocenters. The number of hydrogen-bond acceptors (Lipinski definition) is 1. The van der Waals surface area contributed by atoms with Gasteiger partial charge in [0.2, 0.25) is 0 Å². The van der Waals surface area contributed by atoms with Gasteiger partial charge in [0.25, 0.3) is 0 Å². The van der Waals surface area contributed by atoms with Crippen LogP contribution in [0.5, 0.6) is 0 Å². The first-order valence-electron chi connectivity index (χ1n) is 5.39. The van der Waals surface area contributed by atoms with Crippen LogP contribution in [0, 0.1) is 6.92 Å². The second-order valence-electron chi connectivity index (χ2n) is 4.17. The summed E-state index contributed by atoms with van der Waals surface area (Å²) >= 11 is 3.55. The van der Waals surface area contributed by atoms with E-state index in [0.29, 0.717) is 0 Å². The highest BCUT2D eigenvalue weighted by molar-refractivity contribution is 9.10. The zero-order chi connectivity index (χ0) is 9.97. The van der Waals surface area contributed by atoms with Crippen LogP contribution in [-0.2, 0) is 0 Å². The van der Waals surface area contributed by atoms with Gasteiger partial charge in [-0.1, -0.05) is 19.3 Å². The number of halogens is 1. The minimum Gasteiger partial charge on any atom is -0.260 e. The molecule has 1 fully saturated rings. The van der Waals surface area contributed by atoms with E-state index in [1.54, 1.807) is 0 Å². The number of pyridine rings is 1. The van der Waals surface area contributed by atoms with Gasteiger partial charge in [0, 0.05) is 10.7 Å². The van der Waals surface area contributed by atoms with Crippen LogP contribution in [0.25, 0.3) is 0 Å². The second kappa shape index (κ2) is 4.43. The molecule has 0 N–H and O–H groups in total. The van der Waals surface area contributed by atoms with Gasteiger partial charge >= 0.3 is 0 Å². The monoisotopic (exact) mass is 253 g/mol. The molecule has 0 aliphatic heterocycles. The first-order chi connectivity index (χ1) is 6.77. The normalized spacial score (nSPS) is 18.4. The Morgan fingerprint density at radius 2 is 2.00 bits per heavy atom. The smallest absolute Gasteiger partial charge is 0.0514 e. The Hall–Kier alpha value is -0.370. The molecule has 1 saturated carbocycles. The van der Waals surface area contributed by atoms with E-state index in [1.807, 2.05) is 6.92 Å². The van der Waals surface area contributed by atoms with Crippen LogP contribution < -0.4 is 0 Å². The van der Waals surface area contributed by atoms with Gasteiger partial charge in [-0.05, 0) is 53.2 Å². The molecule has 0 unspecified atom stereocenters. The van der Waals surface area contributed by atoms with Gasteiger partial charge in [-0.2, -0.15) is 0 Å². The maximum absolute atomic E-state index is 4.41. The molecule has 1 heterocycles.